The van der Waals surface area contributed by atoms with E-state index < -0.39 is 17.4 Å². The number of benzene rings is 2. The summed E-state index contributed by atoms with van der Waals surface area (Å²) in [5.41, 5.74) is 0.725. The van der Waals surface area contributed by atoms with Crippen molar-refractivity contribution in [2.24, 2.45) is 11.8 Å². The summed E-state index contributed by atoms with van der Waals surface area (Å²) < 4.78 is 5.41. The van der Waals surface area contributed by atoms with Crippen molar-refractivity contribution in [2.75, 3.05) is 43.6 Å². The first-order chi connectivity index (χ1) is 20.8. The van der Waals surface area contributed by atoms with Gasteiger partial charge in [-0.25, -0.2) is 0 Å². The number of fused-ring (bicyclic) bond motifs is 1. The Bertz CT molecular complexity index is 1360. The van der Waals surface area contributed by atoms with Crippen LogP contribution >= 0.6 is 0 Å². The molecule has 10 nitrogen and oxygen atoms in total. The lowest BCUT2D eigenvalue weighted by Crippen LogP contribution is -2.44. The van der Waals surface area contributed by atoms with E-state index in [1.165, 1.54) is 7.11 Å². The topological polar surface area (TPSA) is 131 Å². The Morgan fingerprint density at radius 1 is 1.19 bits per heavy atom. The van der Waals surface area contributed by atoms with Crippen LogP contribution in [0.2, 0.25) is 0 Å². The van der Waals surface area contributed by atoms with E-state index in [1.54, 1.807) is 47.1 Å². The molecule has 3 heterocycles. The number of aliphatic hydroxyl groups excluding tert-OH is 1. The Hall–Kier alpha value is -3.73. The molecule has 5 rings (SSSR count). The van der Waals surface area contributed by atoms with E-state index in [0.29, 0.717) is 35.8 Å². The molecule has 0 saturated carbocycles. The van der Waals surface area contributed by atoms with Crippen LogP contribution in [-0.4, -0.2) is 72.2 Å². The zero-order valence-electron chi connectivity index (χ0n) is 24.9. The number of hydrogen-bond acceptors (Lipinski definition) is 7. The van der Waals surface area contributed by atoms with Crippen molar-refractivity contribution in [2.45, 2.75) is 57.2 Å². The molecule has 3 aliphatic rings. The highest BCUT2D eigenvalue weighted by molar-refractivity contribution is 6.07. The van der Waals surface area contributed by atoms with E-state index >= 15 is 0 Å². The Balaban J connectivity index is 1.30. The molecular formula is C33H42N4O6. The second-order valence-electron chi connectivity index (χ2n) is 11.8. The van der Waals surface area contributed by atoms with Crippen LogP contribution in [0.15, 0.2) is 54.6 Å². The normalized spacial score (nSPS) is 24.3. The van der Waals surface area contributed by atoms with E-state index in [9.17, 15) is 24.6 Å². The Morgan fingerprint density at radius 2 is 1.98 bits per heavy atom. The third-order valence-electron chi connectivity index (χ3n) is 8.99. The number of rotatable bonds is 10. The van der Waals surface area contributed by atoms with E-state index in [-0.39, 0.29) is 43.3 Å². The van der Waals surface area contributed by atoms with Gasteiger partial charge in [0.25, 0.3) is 5.91 Å². The van der Waals surface area contributed by atoms with Crippen molar-refractivity contribution < 1.29 is 29.3 Å². The summed E-state index contributed by atoms with van der Waals surface area (Å²) in [7, 11) is 1.54. The van der Waals surface area contributed by atoms with Gasteiger partial charge < -0.3 is 35.4 Å². The number of ether oxygens (including phenoxy) is 1. The monoisotopic (exact) mass is 590 g/mol. The molecular weight excluding hydrogens is 548 g/mol. The first kappa shape index (κ1) is 30.7. The van der Waals surface area contributed by atoms with Crippen LogP contribution in [0.3, 0.4) is 0 Å². The summed E-state index contributed by atoms with van der Waals surface area (Å²) in [6.45, 7) is 4.19. The molecule has 3 aliphatic heterocycles. The van der Waals surface area contributed by atoms with Gasteiger partial charge in [0.05, 0.1) is 37.9 Å². The van der Waals surface area contributed by atoms with Crippen LogP contribution in [0, 0.1) is 11.8 Å². The maximum atomic E-state index is 13.9. The zero-order chi connectivity index (χ0) is 30.6. The molecule has 0 aromatic heterocycles. The van der Waals surface area contributed by atoms with Crippen LogP contribution in [0.5, 0.6) is 5.75 Å². The predicted octanol–water partition coefficient (Wildman–Crippen LogP) is 2.93. The van der Waals surface area contributed by atoms with Gasteiger partial charge >= 0.3 is 0 Å². The first-order valence-electron chi connectivity index (χ1n) is 15.2. The molecule has 2 aromatic rings. The molecule has 0 radical (unpaired) electrons. The van der Waals surface area contributed by atoms with E-state index in [4.69, 9.17) is 4.74 Å². The Kier molecular flexibility index (Phi) is 9.49. The molecule has 43 heavy (non-hydrogen) atoms. The van der Waals surface area contributed by atoms with Crippen molar-refractivity contribution in [3.63, 3.8) is 0 Å². The number of aliphatic hydroxyl groups is 2. The number of carbonyl (C=O) groups excluding carboxylic acids is 3. The van der Waals surface area contributed by atoms with Crippen molar-refractivity contribution in [3.8, 4) is 5.75 Å². The second kappa shape index (κ2) is 13.3. The van der Waals surface area contributed by atoms with E-state index in [0.717, 1.165) is 37.8 Å². The van der Waals surface area contributed by atoms with Crippen molar-refractivity contribution in [1.29, 1.82) is 0 Å². The van der Waals surface area contributed by atoms with Crippen molar-refractivity contribution in [3.05, 3.63) is 65.7 Å². The molecule has 4 atom stereocenters. The third kappa shape index (κ3) is 6.32. The molecule has 2 fully saturated rings. The summed E-state index contributed by atoms with van der Waals surface area (Å²) in [6.07, 6.45) is 7.05. The molecule has 0 spiro atoms. The number of likely N-dealkylation sites (tertiary alicyclic amines) is 1. The highest BCUT2D eigenvalue weighted by atomic mass is 16.5. The van der Waals surface area contributed by atoms with Gasteiger partial charge in [-0.1, -0.05) is 31.2 Å². The minimum Gasteiger partial charge on any atom is -0.497 e. The molecule has 0 bridgehead atoms. The summed E-state index contributed by atoms with van der Waals surface area (Å²) in [4.78, 5) is 42.6. The van der Waals surface area contributed by atoms with Gasteiger partial charge in [-0.3, -0.25) is 14.4 Å². The number of nitrogens with zero attached hydrogens (tertiary/aromatic N) is 2. The van der Waals surface area contributed by atoms with Crippen LogP contribution < -0.4 is 20.3 Å². The highest BCUT2D eigenvalue weighted by Crippen LogP contribution is 2.47. The first-order valence-corrected chi connectivity index (χ1v) is 15.2. The van der Waals surface area contributed by atoms with Gasteiger partial charge in [0, 0.05) is 36.7 Å². The van der Waals surface area contributed by atoms with Crippen LogP contribution in [0.4, 0.5) is 11.4 Å². The van der Waals surface area contributed by atoms with Crippen molar-refractivity contribution in [1.82, 2.24) is 10.2 Å². The van der Waals surface area contributed by atoms with Gasteiger partial charge in [-0.2, -0.15) is 0 Å². The standard InChI is InChI=1S/C33H42N4O6/c1-22(6-3-9-30(39)36-17-5-8-26(36)21-38)33(42)28-18-27(43-2)14-15-29(28)37(32(33)41)20-23-10-12-25(13-11-23)35-31(40)24-7-4-16-34-19-24/h3,6,10-15,18,22,24,26,34,38,42H,4-5,7-9,16-17,19-21H2,1-2H3,(H,35,40)/b6-3+/t22-,24?,26-,33+/m0/s1. The van der Waals surface area contributed by atoms with Crippen LogP contribution in [-0.2, 0) is 26.5 Å². The molecule has 230 valence electrons. The number of nitrogens with one attached hydrogen (secondary N) is 2. The predicted molar refractivity (Wildman–Crippen MR) is 163 cm³/mol. The third-order valence-corrected chi connectivity index (χ3v) is 8.99. The molecule has 1 unspecified atom stereocenters. The number of hydrogen-bond donors (Lipinski definition) is 4. The number of piperidine rings is 1. The lowest BCUT2D eigenvalue weighted by Gasteiger charge is -2.28. The molecule has 2 aromatic carbocycles. The average molecular weight is 591 g/mol. The minimum atomic E-state index is -1.85. The number of methoxy groups -OCH3 is 1. The minimum absolute atomic E-state index is 0.00000371. The number of anilines is 2. The zero-order valence-corrected chi connectivity index (χ0v) is 24.9. The lowest BCUT2D eigenvalue weighted by molar-refractivity contribution is -0.139. The Labute approximate surface area is 252 Å². The Morgan fingerprint density at radius 3 is 2.67 bits per heavy atom. The van der Waals surface area contributed by atoms with Crippen LogP contribution in [0.1, 0.15) is 50.2 Å². The smallest absolute Gasteiger partial charge is 0.264 e. The van der Waals surface area contributed by atoms with Gasteiger partial charge in [0.2, 0.25) is 11.8 Å². The summed E-state index contributed by atoms with van der Waals surface area (Å²) in [5, 5.41) is 27.8. The fraction of sp³-hybridized carbons (Fsp3) is 0.485. The van der Waals surface area contributed by atoms with Gasteiger partial charge in [0.15, 0.2) is 5.60 Å². The SMILES string of the molecule is COc1ccc2c(c1)[C@](O)([C@@H](C)/C=C/CC(=O)N1CCC[C@H]1CO)C(=O)N2Cc1ccc(NC(=O)C2CCCNC2)cc1. The van der Waals surface area contributed by atoms with Crippen molar-refractivity contribution >= 4 is 29.1 Å². The van der Waals surface area contributed by atoms with E-state index in [1.807, 2.05) is 24.3 Å². The largest absolute Gasteiger partial charge is 0.497 e. The lowest BCUT2D eigenvalue weighted by atomic mass is 9.83. The number of amides is 3. The highest BCUT2D eigenvalue weighted by Gasteiger charge is 2.52. The summed E-state index contributed by atoms with van der Waals surface area (Å²) >= 11 is 0. The molecule has 10 heteroatoms. The van der Waals surface area contributed by atoms with Gasteiger partial charge in [0.1, 0.15) is 5.75 Å². The van der Waals surface area contributed by atoms with Gasteiger partial charge in [-0.05, 0) is 68.1 Å². The summed E-state index contributed by atoms with van der Waals surface area (Å²) in [6, 6.07) is 12.5. The van der Waals surface area contributed by atoms with Gasteiger partial charge in [-0.15, -0.1) is 0 Å². The number of carbonyl (C=O) groups is 3. The van der Waals surface area contributed by atoms with E-state index in [2.05, 4.69) is 10.6 Å². The van der Waals surface area contributed by atoms with Crippen LogP contribution in [0.25, 0.3) is 0 Å². The fourth-order valence-corrected chi connectivity index (χ4v) is 6.39. The maximum Gasteiger partial charge on any atom is 0.264 e. The maximum absolute atomic E-state index is 13.9. The molecule has 3 amide bonds. The molecule has 0 aliphatic carbocycles. The quantitative estimate of drug-likeness (QED) is 0.313. The average Bonchev–Trinajstić information content (AvgIpc) is 3.60. The molecule has 4 N–H and O–H groups in total. The second-order valence-corrected chi connectivity index (χ2v) is 11.8. The fourth-order valence-electron chi connectivity index (χ4n) is 6.39. The molecule has 2 saturated heterocycles. The summed E-state index contributed by atoms with van der Waals surface area (Å²) in [5.74, 6) is -0.698.